The number of fused-ring (bicyclic) bond motifs is 1. The zero-order chi connectivity index (χ0) is 22.5. The first kappa shape index (κ1) is 22.1. The molecule has 3 aromatic carbocycles. The second-order valence-electron chi connectivity index (χ2n) is 6.97. The molecule has 0 atom stereocenters. The predicted octanol–water partition coefficient (Wildman–Crippen LogP) is 6.34. The van der Waals surface area contributed by atoms with Gasteiger partial charge in [-0.05, 0) is 55.0 Å². The number of ether oxygens (including phenoxy) is 3. The molecule has 1 amide bonds. The lowest BCUT2D eigenvalue weighted by atomic mass is 10.0. The maximum Gasteiger partial charge on any atom is 0.256 e. The summed E-state index contributed by atoms with van der Waals surface area (Å²) in [5.41, 5.74) is 2.91. The maximum absolute atomic E-state index is 12.4. The van der Waals surface area contributed by atoms with Crippen LogP contribution in [0.25, 0.3) is 11.6 Å². The summed E-state index contributed by atoms with van der Waals surface area (Å²) >= 11 is 12.1. The summed E-state index contributed by atoms with van der Waals surface area (Å²) in [5.74, 6) is 1.63. The van der Waals surface area contributed by atoms with Crippen LogP contribution < -0.4 is 19.5 Å². The van der Waals surface area contributed by atoms with E-state index < -0.39 is 0 Å². The first-order valence-electron chi connectivity index (χ1n) is 10.1. The van der Waals surface area contributed by atoms with Crippen LogP contribution in [0.4, 0.5) is 5.69 Å². The van der Waals surface area contributed by atoms with E-state index in [1.165, 1.54) is 0 Å². The minimum atomic E-state index is -0.169. The van der Waals surface area contributed by atoms with Gasteiger partial charge in [0.05, 0.1) is 17.3 Å². The fourth-order valence-corrected chi connectivity index (χ4v) is 3.71. The molecule has 0 saturated carbocycles. The van der Waals surface area contributed by atoms with E-state index in [4.69, 9.17) is 37.4 Å². The number of hydrogen-bond acceptors (Lipinski definition) is 4. The van der Waals surface area contributed by atoms with Crippen LogP contribution in [-0.4, -0.2) is 25.7 Å². The molecule has 32 heavy (non-hydrogen) atoms. The van der Waals surface area contributed by atoms with Crippen LogP contribution in [0.15, 0.2) is 60.7 Å². The van der Waals surface area contributed by atoms with Gasteiger partial charge in [0.15, 0.2) is 11.5 Å². The van der Waals surface area contributed by atoms with Gasteiger partial charge >= 0.3 is 0 Å². The largest absolute Gasteiger partial charge is 0.490 e. The number of anilines is 1. The van der Waals surface area contributed by atoms with Crippen molar-refractivity contribution in [3.05, 3.63) is 81.8 Å². The first-order chi connectivity index (χ1) is 15.5. The Balaban J connectivity index is 1.48. The molecule has 0 aliphatic carbocycles. The summed E-state index contributed by atoms with van der Waals surface area (Å²) in [7, 11) is 0. The Morgan fingerprint density at radius 1 is 0.875 bits per heavy atom. The Bertz CT molecular complexity index is 1180. The zero-order valence-corrected chi connectivity index (χ0v) is 18.9. The Hall–Kier alpha value is -3.15. The second kappa shape index (κ2) is 9.98. The number of halogens is 2. The minimum absolute atomic E-state index is 0.169. The van der Waals surface area contributed by atoms with Crippen LogP contribution in [0.5, 0.6) is 17.2 Å². The molecular weight excluding hydrogens is 449 g/mol. The van der Waals surface area contributed by atoms with E-state index in [0.29, 0.717) is 58.4 Å². The lowest BCUT2D eigenvalue weighted by Gasteiger charge is -2.13. The number of carbonyl (C=O) groups is 1. The molecule has 7 heteroatoms. The Labute approximate surface area is 196 Å². The Morgan fingerprint density at radius 2 is 1.66 bits per heavy atom. The fourth-order valence-electron chi connectivity index (χ4n) is 3.34. The van der Waals surface area contributed by atoms with E-state index in [1.807, 2.05) is 55.5 Å². The van der Waals surface area contributed by atoms with Gasteiger partial charge in [-0.15, -0.1) is 0 Å². The van der Waals surface area contributed by atoms with Crippen molar-refractivity contribution in [2.24, 2.45) is 0 Å². The number of rotatable bonds is 8. The molecule has 1 aliphatic rings. The van der Waals surface area contributed by atoms with Crippen molar-refractivity contribution in [2.45, 2.75) is 6.92 Å². The van der Waals surface area contributed by atoms with Crippen molar-refractivity contribution < 1.29 is 19.0 Å². The third kappa shape index (κ3) is 5.01. The number of nitrogens with one attached hydrogen (secondary N) is 1. The third-order valence-corrected chi connectivity index (χ3v) is 5.33. The summed E-state index contributed by atoms with van der Waals surface area (Å²) in [6.45, 7) is 3.04. The van der Waals surface area contributed by atoms with E-state index in [0.717, 1.165) is 11.1 Å². The van der Waals surface area contributed by atoms with Gasteiger partial charge in [0, 0.05) is 16.2 Å². The number of para-hydroxylation sites is 1. The molecule has 1 aliphatic heterocycles. The molecule has 0 radical (unpaired) electrons. The van der Waals surface area contributed by atoms with Crippen molar-refractivity contribution in [3.8, 4) is 17.2 Å². The molecule has 0 saturated heterocycles. The molecule has 0 aromatic heterocycles. The fraction of sp³-hybridized carbons (Fsp3) is 0.160. The highest BCUT2D eigenvalue weighted by atomic mass is 35.5. The third-order valence-electron chi connectivity index (χ3n) is 4.78. The Morgan fingerprint density at radius 3 is 2.44 bits per heavy atom. The summed E-state index contributed by atoms with van der Waals surface area (Å²) < 4.78 is 17.3. The minimum Gasteiger partial charge on any atom is -0.490 e. The average molecular weight is 470 g/mol. The van der Waals surface area contributed by atoms with Crippen molar-refractivity contribution in [1.29, 1.82) is 0 Å². The monoisotopic (exact) mass is 469 g/mol. The standard InChI is InChI=1S/C25H21Cl2NO4/c1-2-30-24-14-16(13-19-18-9-8-17(26)15-21(18)28-25(19)29)7-10-23(24)32-12-11-31-22-6-4-3-5-20(22)27/h3-10,13-15H,2,11-12H2,1H3,(H,28,29)/b19-13+. The highest BCUT2D eigenvalue weighted by molar-refractivity contribution is 6.36. The van der Waals surface area contributed by atoms with E-state index >= 15 is 0 Å². The van der Waals surface area contributed by atoms with Crippen LogP contribution in [0.3, 0.4) is 0 Å². The van der Waals surface area contributed by atoms with E-state index in [-0.39, 0.29) is 5.91 Å². The van der Waals surface area contributed by atoms with Crippen LogP contribution in [0.2, 0.25) is 10.0 Å². The summed E-state index contributed by atoms with van der Waals surface area (Å²) in [4.78, 5) is 12.4. The molecule has 5 nitrogen and oxygen atoms in total. The highest BCUT2D eigenvalue weighted by Crippen LogP contribution is 2.36. The molecule has 1 N–H and O–H groups in total. The molecule has 1 heterocycles. The molecule has 0 fully saturated rings. The van der Waals surface area contributed by atoms with Gasteiger partial charge in [-0.3, -0.25) is 4.79 Å². The van der Waals surface area contributed by atoms with Crippen molar-refractivity contribution >= 4 is 46.4 Å². The first-order valence-corrected chi connectivity index (χ1v) is 10.9. The molecule has 164 valence electrons. The molecule has 0 spiro atoms. The van der Waals surface area contributed by atoms with Gasteiger partial charge in [-0.1, -0.05) is 47.5 Å². The van der Waals surface area contributed by atoms with Gasteiger partial charge in [0.1, 0.15) is 19.0 Å². The summed E-state index contributed by atoms with van der Waals surface area (Å²) in [6, 6.07) is 18.2. The van der Waals surface area contributed by atoms with Crippen molar-refractivity contribution in [2.75, 3.05) is 25.1 Å². The molecule has 0 unspecified atom stereocenters. The molecule has 0 bridgehead atoms. The van der Waals surface area contributed by atoms with Gasteiger partial charge < -0.3 is 19.5 Å². The maximum atomic E-state index is 12.4. The highest BCUT2D eigenvalue weighted by Gasteiger charge is 2.24. The van der Waals surface area contributed by atoms with Crippen molar-refractivity contribution in [3.63, 3.8) is 0 Å². The summed E-state index contributed by atoms with van der Waals surface area (Å²) in [5, 5.41) is 3.97. The van der Waals surface area contributed by atoms with E-state index in [2.05, 4.69) is 5.32 Å². The average Bonchev–Trinajstić information content (AvgIpc) is 3.08. The molecule has 3 aromatic rings. The van der Waals surface area contributed by atoms with Gasteiger partial charge in [-0.25, -0.2) is 0 Å². The second-order valence-corrected chi connectivity index (χ2v) is 7.81. The van der Waals surface area contributed by atoms with Crippen LogP contribution in [0.1, 0.15) is 18.1 Å². The van der Waals surface area contributed by atoms with Crippen molar-refractivity contribution in [1.82, 2.24) is 0 Å². The van der Waals surface area contributed by atoms with Gasteiger partial charge in [0.25, 0.3) is 5.91 Å². The number of carbonyl (C=O) groups excluding carboxylic acids is 1. The van der Waals surface area contributed by atoms with E-state index in [1.54, 1.807) is 18.2 Å². The molecule has 4 rings (SSSR count). The SMILES string of the molecule is CCOc1cc(/C=C2/C(=O)Nc3cc(Cl)ccc32)ccc1OCCOc1ccccc1Cl. The van der Waals surface area contributed by atoms with Crippen LogP contribution in [0, 0.1) is 0 Å². The molecular formula is C25H21Cl2NO4. The quantitative estimate of drug-likeness (QED) is 0.308. The lowest BCUT2D eigenvalue weighted by Crippen LogP contribution is -2.10. The smallest absolute Gasteiger partial charge is 0.256 e. The number of amides is 1. The van der Waals surface area contributed by atoms with E-state index in [9.17, 15) is 4.79 Å². The zero-order valence-electron chi connectivity index (χ0n) is 17.4. The predicted molar refractivity (Wildman–Crippen MR) is 128 cm³/mol. The number of hydrogen-bond donors (Lipinski definition) is 1. The van der Waals surface area contributed by atoms with Gasteiger partial charge in [0.2, 0.25) is 0 Å². The number of benzene rings is 3. The normalized spacial score (nSPS) is 13.6. The summed E-state index contributed by atoms with van der Waals surface area (Å²) in [6.07, 6.45) is 1.82. The van der Waals surface area contributed by atoms with Gasteiger partial charge in [-0.2, -0.15) is 0 Å². The van der Waals surface area contributed by atoms with Crippen LogP contribution >= 0.6 is 23.2 Å². The topological polar surface area (TPSA) is 56.8 Å². The lowest BCUT2D eigenvalue weighted by molar-refractivity contribution is -0.110. The van der Waals surface area contributed by atoms with Crippen LogP contribution in [-0.2, 0) is 4.79 Å². The Kier molecular flexibility index (Phi) is 6.88.